The largest absolute Gasteiger partial charge is 0.508 e. The van der Waals surface area contributed by atoms with Crippen molar-refractivity contribution in [3.8, 4) is 5.75 Å². The van der Waals surface area contributed by atoms with E-state index in [0.717, 1.165) is 24.1 Å². The summed E-state index contributed by atoms with van der Waals surface area (Å²) in [5.41, 5.74) is 9.20. The van der Waals surface area contributed by atoms with Crippen molar-refractivity contribution in [3.05, 3.63) is 48.0 Å². The van der Waals surface area contributed by atoms with Crippen LogP contribution in [0.3, 0.4) is 0 Å². The highest BCUT2D eigenvalue weighted by Gasteiger charge is 2.06. The average Bonchev–Trinajstić information content (AvgIpc) is 2.63. The predicted octanol–water partition coefficient (Wildman–Crippen LogP) is 4.89. The summed E-state index contributed by atoms with van der Waals surface area (Å²) in [6.45, 7) is 2.81. The number of phenols is 1. The maximum Gasteiger partial charge on any atom is 0.224 e. The van der Waals surface area contributed by atoms with Crippen molar-refractivity contribution in [2.75, 3.05) is 16.4 Å². The van der Waals surface area contributed by atoms with Crippen LogP contribution in [-0.2, 0) is 11.3 Å². The van der Waals surface area contributed by atoms with E-state index in [0.29, 0.717) is 24.3 Å². The highest BCUT2D eigenvalue weighted by atomic mass is 16.3. The molecule has 2 rings (SSSR count). The summed E-state index contributed by atoms with van der Waals surface area (Å²) in [5.74, 6) is 0.265. The lowest BCUT2D eigenvalue weighted by molar-refractivity contribution is -0.116. The molecule has 0 aliphatic carbocycles. The highest BCUT2D eigenvalue weighted by Crippen LogP contribution is 2.24. The van der Waals surface area contributed by atoms with Crippen LogP contribution in [0.1, 0.15) is 51.0 Å². The number of amides is 1. The molecule has 0 aliphatic heterocycles. The molecule has 0 aromatic heterocycles. The first-order valence-electron chi connectivity index (χ1n) is 9.29. The summed E-state index contributed by atoms with van der Waals surface area (Å²) >= 11 is 0. The van der Waals surface area contributed by atoms with Gasteiger partial charge in [0.1, 0.15) is 5.75 Å². The third kappa shape index (κ3) is 6.67. The summed E-state index contributed by atoms with van der Waals surface area (Å²) in [6.07, 6.45) is 6.16. The molecule has 0 saturated carbocycles. The number of aromatic hydroxyl groups is 1. The van der Waals surface area contributed by atoms with Crippen molar-refractivity contribution in [2.24, 2.45) is 0 Å². The summed E-state index contributed by atoms with van der Waals surface area (Å²) in [5, 5.41) is 15.5. The molecule has 0 unspecified atom stereocenters. The quantitative estimate of drug-likeness (QED) is 0.361. The Morgan fingerprint density at radius 2 is 1.77 bits per heavy atom. The van der Waals surface area contributed by atoms with Crippen LogP contribution in [0.15, 0.2) is 42.5 Å². The van der Waals surface area contributed by atoms with E-state index in [2.05, 4.69) is 17.6 Å². The molecule has 0 saturated heterocycles. The minimum Gasteiger partial charge on any atom is -0.508 e. The molecule has 0 aliphatic rings. The topological polar surface area (TPSA) is 87.4 Å². The normalized spacial score (nSPS) is 10.5. The number of carbonyl (C=O) groups is 1. The van der Waals surface area contributed by atoms with Gasteiger partial charge in [-0.05, 0) is 42.3 Å². The van der Waals surface area contributed by atoms with Gasteiger partial charge in [0.25, 0.3) is 0 Å². The zero-order valence-electron chi connectivity index (χ0n) is 15.4. The standard InChI is InChI=1S/C21H29N3O2/c1-2-3-4-5-6-7-21(26)24-20-13-10-17(14-19(20)22)23-15-16-8-11-18(25)12-9-16/h8-14,23,25H,2-7,15,22H2,1H3,(H,24,26). The SMILES string of the molecule is CCCCCCCC(=O)Nc1ccc(NCc2ccc(O)cc2)cc1N. The van der Waals surface area contributed by atoms with Gasteiger partial charge in [-0.15, -0.1) is 0 Å². The molecule has 0 fully saturated rings. The van der Waals surface area contributed by atoms with E-state index in [4.69, 9.17) is 5.73 Å². The number of unbranched alkanes of at least 4 members (excludes halogenated alkanes) is 4. The fourth-order valence-corrected chi connectivity index (χ4v) is 2.71. The molecule has 0 heterocycles. The molecule has 5 heteroatoms. The lowest BCUT2D eigenvalue weighted by Gasteiger charge is -2.12. The molecule has 2 aromatic carbocycles. The van der Waals surface area contributed by atoms with E-state index < -0.39 is 0 Å². The third-order valence-electron chi connectivity index (χ3n) is 4.27. The van der Waals surface area contributed by atoms with E-state index in [1.54, 1.807) is 12.1 Å². The summed E-state index contributed by atoms with van der Waals surface area (Å²) in [6, 6.07) is 12.6. The number of nitrogens with one attached hydrogen (secondary N) is 2. The van der Waals surface area contributed by atoms with E-state index in [1.165, 1.54) is 19.3 Å². The Bertz CT molecular complexity index is 699. The molecular formula is C21H29N3O2. The van der Waals surface area contributed by atoms with Crippen LogP contribution >= 0.6 is 0 Å². The summed E-state index contributed by atoms with van der Waals surface area (Å²) < 4.78 is 0. The molecule has 0 atom stereocenters. The fraction of sp³-hybridized carbons (Fsp3) is 0.381. The number of rotatable bonds is 10. The van der Waals surface area contributed by atoms with Crippen molar-refractivity contribution in [1.29, 1.82) is 0 Å². The highest BCUT2D eigenvalue weighted by molar-refractivity contribution is 5.94. The molecule has 140 valence electrons. The van der Waals surface area contributed by atoms with Gasteiger partial charge in [-0.1, -0.05) is 44.7 Å². The second-order valence-electron chi connectivity index (χ2n) is 6.53. The number of nitrogens with two attached hydrogens (primary N) is 1. The second kappa shape index (κ2) is 10.3. The number of carbonyl (C=O) groups excluding carboxylic acids is 1. The van der Waals surface area contributed by atoms with Crippen LogP contribution in [0.4, 0.5) is 17.1 Å². The Morgan fingerprint density at radius 1 is 1.04 bits per heavy atom. The maximum absolute atomic E-state index is 12.0. The van der Waals surface area contributed by atoms with Crippen molar-refractivity contribution >= 4 is 23.0 Å². The van der Waals surface area contributed by atoms with Gasteiger partial charge in [-0.25, -0.2) is 0 Å². The van der Waals surface area contributed by atoms with Gasteiger partial charge >= 0.3 is 0 Å². The van der Waals surface area contributed by atoms with Crippen LogP contribution in [0, 0.1) is 0 Å². The van der Waals surface area contributed by atoms with Crippen LogP contribution in [0.2, 0.25) is 0 Å². The van der Waals surface area contributed by atoms with Gasteiger partial charge in [-0.3, -0.25) is 4.79 Å². The fourth-order valence-electron chi connectivity index (χ4n) is 2.71. The van der Waals surface area contributed by atoms with Crippen LogP contribution in [0.25, 0.3) is 0 Å². The minimum atomic E-state index is 0.0120. The Kier molecular flexibility index (Phi) is 7.80. The van der Waals surface area contributed by atoms with Gasteiger partial charge in [0.05, 0.1) is 11.4 Å². The Hall–Kier alpha value is -2.69. The number of hydrogen-bond acceptors (Lipinski definition) is 4. The molecule has 0 spiro atoms. The number of nitrogen functional groups attached to an aromatic ring is 1. The molecular weight excluding hydrogens is 326 g/mol. The van der Waals surface area contributed by atoms with Crippen molar-refractivity contribution in [2.45, 2.75) is 52.0 Å². The smallest absolute Gasteiger partial charge is 0.224 e. The predicted molar refractivity (Wildman–Crippen MR) is 108 cm³/mol. The molecule has 26 heavy (non-hydrogen) atoms. The van der Waals surface area contributed by atoms with E-state index in [1.807, 2.05) is 30.3 Å². The van der Waals surface area contributed by atoms with Crippen LogP contribution < -0.4 is 16.4 Å². The van der Waals surface area contributed by atoms with Crippen LogP contribution in [-0.4, -0.2) is 11.0 Å². The van der Waals surface area contributed by atoms with Gasteiger partial charge in [0, 0.05) is 18.7 Å². The Morgan fingerprint density at radius 3 is 2.46 bits per heavy atom. The van der Waals surface area contributed by atoms with Crippen molar-refractivity contribution in [1.82, 2.24) is 0 Å². The number of hydrogen-bond donors (Lipinski definition) is 4. The molecule has 5 N–H and O–H groups in total. The van der Waals surface area contributed by atoms with E-state index >= 15 is 0 Å². The van der Waals surface area contributed by atoms with Gasteiger partial charge in [0.15, 0.2) is 0 Å². The molecule has 5 nitrogen and oxygen atoms in total. The summed E-state index contributed by atoms with van der Waals surface area (Å²) in [7, 11) is 0. The lowest BCUT2D eigenvalue weighted by atomic mass is 10.1. The zero-order valence-corrected chi connectivity index (χ0v) is 15.4. The zero-order chi connectivity index (χ0) is 18.8. The Balaban J connectivity index is 1.80. The third-order valence-corrected chi connectivity index (χ3v) is 4.27. The Labute approximate surface area is 155 Å². The number of phenolic OH excluding ortho intramolecular Hbond substituents is 1. The summed E-state index contributed by atoms with van der Waals surface area (Å²) in [4.78, 5) is 12.0. The minimum absolute atomic E-state index is 0.0120. The monoisotopic (exact) mass is 355 g/mol. The first-order valence-corrected chi connectivity index (χ1v) is 9.29. The van der Waals surface area contributed by atoms with Gasteiger partial charge in [0.2, 0.25) is 5.91 Å². The van der Waals surface area contributed by atoms with Crippen LogP contribution in [0.5, 0.6) is 5.75 Å². The first kappa shape index (κ1) is 19.6. The van der Waals surface area contributed by atoms with Crippen molar-refractivity contribution in [3.63, 3.8) is 0 Å². The second-order valence-corrected chi connectivity index (χ2v) is 6.53. The average molecular weight is 355 g/mol. The van der Waals surface area contributed by atoms with E-state index in [9.17, 15) is 9.90 Å². The number of benzene rings is 2. The molecule has 0 radical (unpaired) electrons. The molecule has 2 aromatic rings. The van der Waals surface area contributed by atoms with Gasteiger partial charge in [-0.2, -0.15) is 0 Å². The first-order chi connectivity index (χ1) is 12.6. The lowest BCUT2D eigenvalue weighted by Crippen LogP contribution is -2.12. The maximum atomic E-state index is 12.0. The molecule has 1 amide bonds. The van der Waals surface area contributed by atoms with E-state index in [-0.39, 0.29) is 11.7 Å². The number of anilines is 3. The molecule has 0 bridgehead atoms. The van der Waals surface area contributed by atoms with Crippen molar-refractivity contribution < 1.29 is 9.90 Å². The van der Waals surface area contributed by atoms with Gasteiger partial charge < -0.3 is 21.5 Å².